The van der Waals surface area contributed by atoms with Crippen molar-refractivity contribution in [2.24, 2.45) is 0 Å². The average molecular weight is 1010 g/mol. The average Bonchev–Trinajstić information content (AvgIpc) is 3.97. The summed E-state index contributed by atoms with van der Waals surface area (Å²) in [7, 11) is 0. The fraction of sp³-hybridized carbons (Fsp3) is 0.333. The summed E-state index contributed by atoms with van der Waals surface area (Å²) in [6.07, 6.45) is 7.95. The molecule has 0 unspecified atom stereocenters. The number of aromatic nitrogens is 4. The second-order valence-electron chi connectivity index (χ2n) is 20.3. The minimum absolute atomic E-state index is 0. The summed E-state index contributed by atoms with van der Waals surface area (Å²) in [4.78, 5) is 128. The number of nitrogens with zero attached hydrogens (tertiary/aromatic N) is 8. The van der Waals surface area contributed by atoms with Crippen LogP contribution in [0.4, 0.5) is 19.2 Å². The lowest BCUT2D eigenvalue weighted by Crippen LogP contribution is -2.40. The molecule has 0 spiro atoms. The Bertz CT molecular complexity index is 2640. The number of rotatable bonds is 4. The van der Waals surface area contributed by atoms with E-state index < -0.39 is 70.4 Å². The molecule has 20 nitrogen and oxygen atoms in total. The van der Waals surface area contributed by atoms with Gasteiger partial charge in [-0.25, -0.2) is 38.8 Å². The molecule has 0 saturated carbocycles. The number of hydrogen-bond acceptors (Lipinski definition) is 16. The Morgan fingerprint density at radius 3 is 0.784 bits per heavy atom. The molecule has 4 aliphatic heterocycles. The summed E-state index contributed by atoms with van der Waals surface area (Å²) >= 11 is 0. The molecule has 0 bridgehead atoms. The van der Waals surface area contributed by atoms with E-state index in [4.69, 9.17) is 18.9 Å². The number of amides is 8. The highest BCUT2D eigenvalue weighted by Gasteiger charge is 2.56. The predicted molar refractivity (Wildman–Crippen MR) is 270 cm³/mol. The van der Waals surface area contributed by atoms with Gasteiger partial charge in [0.15, 0.2) is 0 Å². The zero-order valence-electron chi connectivity index (χ0n) is 41.7. The molecule has 4 aromatic rings. The second kappa shape index (κ2) is 20.8. The van der Waals surface area contributed by atoms with Crippen molar-refractivity contribution in [3.05, 3.63) is 143 Å². The van der Waals surface area contributed by atoms with E-state index in [1.165, 1.54) is 49.6 Å². The summed E-state index contributed by atoms with van der Waals surface area (Å²) in [5.74, 6) is -3.21. The number of pyridine rings is 4. The van der Waals surface area contributed by atoms with Crippen molar-refractivity contribution < 1.29 is 57.3 Å². The molecule has 388 valence electrons. The molecule has 0 aliphatic carbocycles. The SMILES string of the molecule is C.C.CC(C)(C)OC(=O)N1C(=O)C2=C(c3cccnc3)N(C(=O)OC(C)(C)C)C(=O)C2=C1c1cccnc1.CC(C)(C)OC(=O)N1C(=O)C2=C(c3ccncc3)N(C(=O)OC(C)(C)C)C(=O)C2=C1c1ccncc1. The Labute approximate surface area is 429 Å². The quantitative estimate of drug-likeness (QED) is 0.173. The molecule has 8 rings (SSSR count). The van der Waals surface area contributed by atoms with Gasteiger partial charge in [0.05, 0.1) is 45.1 Å². The van der Waals surface area contributed by atoms with Crippen LogP contribution in [-0.2, 0) is 38.1 Å². The first-order chi connectivity index (χ1) is 33.6. The van der Waals surface area contributed by atoms with Crippen LogP contribution in [0.5, 0.6) is 0 Å². The van der Waals surface area contributed by atoms with Crippen molar-refractivity contribution in [3.63, 3.8) is 0 Å². The predicted octanol–water partition coefficient (Wildman–Crippen LogP) is 9.58. The number of carbonyl (C=O) groups excluding carboxylic acids is 8. The van der Waals surface area contributed by atoms with Crippen LogP contribution in [0.2, 0.25) is 0 Å². The summed E-state index contributed by atoms with van der Waals surface area (Å²) in [6.45, 7) is 20.0. The Balaban J connectivity index is 0.000000267. The standard InChI is InChI=1S/2C26H26N4O6.2CH4/c1-25(2,3)35-23(33)29-19(15-7-11-27-12-8-15)17-18(21(29)31)20(16-9-13-28-14-10-16)30(22(17)32)24(34)36-26(4,5)6;1-25(2,3)35-23(33)29-19(15-9-7-11-27-13-15)17-18(21(29)31)20(16-10-8-12-28-14-16)30(22(17)32)24(34)36-26(4,5)6;;/h2*7-14H,1-6H3;2*1H4. The van der Waals surface area contributed by atoms with Crippen LogP contribution in [0.25, 0.3) is 22.8 Å². The Kier molecular flexibility index (Phi) is 15.8. The summed E-state index contributed by atoms with van der Waals surface area (Å²) in [5.41, 5.74) is -2.69. The van der Waals surface area contributed by atoms with Gasteiger partial charge in [-0.1, -0.05) is 14.9 Å². The molecule has 74 heavy (non-hydrogen) atoms. The number of fused-ring (bicyclic) bond motifs is 2. The highest BCUT2D eigenvalue weighted by molar-refractivity contribution is 6.36. The maximum atomic E-state index is 13.8. The van der Waals surface area contributed by atoms with Crippen LogP contribution in [0.3, 0.4) is 0 Å². The van der Waals surface area contributed by atoms with Crippen molar-refractivity contribution in [3.8, 4) is 0 Å². The van der Waals surface area contributed by atoms with Gasteiger partial charge in [0, 0.05) is 71.8 Å². The van der Waals surface area contributed by atoms with Gasteiger partial charge in [0.25, 0.3) is 23.6 Å². The van der Waals surface area contributed by atoms with Crippen molar-refractivity contribution in [2.75, 3.05) is 0 Å². The van der Waals surface area contributed by atoms with Gasteiger partial charge < -0.3 is 18.9 Å². The van der Waals surface area contributed by atoms with E-state index in [-0.39, 0.29) is 59.9 Å². The molecule has 8 amide bonds. The number of carbonyl (C=O) groups is 8. The highest BCUT2D eigenvalue weighted by atomic mass is 16.6. The first kappa shape index (κ1) is 56.2. The van der Waals surface area contributed by atoms with E-state index in [0.717, 1.165) is 19.6 Å². The van der Waals surface area contributed by atoms with Crippen LogP contribution in [-0.4, -0.2) is 110 Å². The van der Waals surface area contributed by atoms with Crippen LogP contribution in [0.15, 0.2) is 120 Å². The molecular weight excluding hydrogens is 953 g/mol. The van der Waals surface area contributed by atoms with Crippen molar-refractivity contribution in [1.29, 1.82) is 0 Å². The van der Waals surface area contributed by atoms with Crippen molar-refractivity contribution in [2.45, 2.75) is 120 Å². The van der Waals surface area contributed by atoms with Crippen LogP contribution < -0.4 is 0 Å². The monoisotopic (exact) mass is 1010 g/mol. The Morgan fingerprint density at radius 1 is 0.351 bits per heavy atom. The summed E-state index contributed by atoms with van der Waals surface area (Å²) < 4.78 is 22.0. The van der Waals surface area contributed by atoms with Gasteiger partial charge in [-0.3, -0.25) is 39.1 Å². The van der Waals surface area contributed by atoms with Gasteiger partial charge in [-0.05, 0) is 132 Å². The van der Waals surface area contributed by atoms with Crippen LogP contribution in [0.1, 0.15) is 120 Å². The highest BCUT2D eigenvalue weighted by Crippen LogP contribution is 2.49. The number of imide groups is 4. The fourth-order valence-corrected chi connectivity index (χ4v) is 7.65. The third kappa shape index (κ3) is 11.3. The fourth-order valence-electron chi connectivity index (χ4n) is 7.65. The normalized spacial score (nSPS) is 15.6. The van der Waals surface area contributed by atoms with Crippen molar-refractivity contribution >= 4 is 70.8 Å². The van der Waals surface area contributed by atoms with E-state index >= 15 is 0 Å². The first-order valence-electron chi connectivity index (χ1n) is 22.5. The second-order valence-corrected chi connectivity index (χ2v) is 20.3. The van der Waals surface area contributed by atoms with Gasteiger partial charge in [0.1, 0.15) is 22.4 Å². The molecule has 0 N–H and O–H groups in total. The minimum Gasteiger partial charge on any atom is -0.443 e. The lowest BCUT2D eigenvalue weighted by molar-refractivity contribution is -0.123. The maximum Gasteiger partial charge on any atom is 0.422 e. The van der Waals surface area contributed by atoms with Crippen LogP contribution in [0, 0.1) is 0 Å². The molecule has 0 fully saturated rings. The molecule has 4 aromatic heterocycles. The molecule has 8 heterocycles. The number of ether oxygens (including phenoxy) is 4. The van der Waals surface area contributed by atoms with Crippen molar-refractivity contribution in [1.82, 2.24) is 39.5 Å². The van der Waals surface area contributed by atoms with Gasteiger partial charge in [0.2, 0.25) is 0 Å². The largest absolute Gasteiger partial charge is 0.443 e. The molecular formula is C54H60N8O12. The molecule has 0 saturated heterocycles. The molecule has 4 aliphatic rings. The Hall–Kier alpha value is -8.68. The summed E-state index contributed by atoms with van der Waals surface area (Å²) in [5, 5.41) is 0. The van der Waals surface area contributed by atoms with Gasteiger partial charge >= 0.3 is 24.4 Å². The van der Waals surface area contributed by atoms with Gasteiger partial charge in [-0.15, -0.1) is 0 Å². The zero-order chi connectivity index (χ0) is 52.8. The molecule has 20 heteroatoms. The molecule has 0 radical (unpaired) electrons. The van der Waals surface area contributed by atoms with E-state index in [9.17, 15) is 38.4 Å². The Morgan fingerprint density at radius 2 is 0.581 bits per heavy atom. The number of hydrogen-bond donors (Lipinski definition) is 0. The smallest absolute Gasteiger partial charge is 0.422 e. The van der Waals surface area contributed by atoms with E-state index in [1.54, 1.807) is 132 Å². The first-order valence-corrected chi connectivity index (χ1v) is 22.5. The van der Waals surface area contributed by atoms with Crippen LogP contribution >= 0.6 is 0 Å². The maximum absolute atomic E-state index is 13.8. The third-order valence-electron chi connectivity index (χ3n) is 10.1. The topological polar surface area (TPSA) is 238 Å². The minimum atomic E-state index is -0.956. The molecule has 0 aromatic carbocycles. The molecule has 0 atom stereocenters. The summed E-state index contributed by atoms with van der Waals surface area (Å²) in [6, 6.07) is 12.7. The lowest BCUT2D eigenvalue weighted by Gasteiger charge is -2.27. The van der Waals surface area contributed by atoms with E-state index in [0.29, 0.717) is 22.3 Å². The lowest BCUT2D eigenvalue weighted by atomic mass is 10.0. The third-order valence-corrected chi connectivity index (χ3v) is 10.1. The van der Waals surface area contributed by atoms with E-state index in [2.05, 4.69) is 19.9 Å². The van der Waals surface area contributed by atoms with E-state index in [1.807, 2.05) is 0 Å². The zero-order valence-corrected chi connectivity index (χ0v) is 41.7. The van der Waals surface area contributed by atoms with Gasteiger partial charge in [-0.2, -0.15) is 0 Å².